The van der Waals surface area contributed by atoms with Crippen molar-refractivity contribution >= 4 is 67.8 Å². The molecule has 8 rings (SSSR count). The number of nitrogens with zero attached hydrogens (tertiary/aromatic N) is 11. The van der Waals surface area contributed by atoms with Gasteiger partial charge in [-0.1, -0.05) is 36.4 Å². The molecule has 4 heterocycles. The largest absolute Gasteiger partial charge is 0.573 e. The molecule has 0 saturated carbocycles. The molecule has 4 aromatic heterocycles. The lowest BCUT2D eigenvalue weighted by molar-refractivity contribution is -0.384. The molecule has 8 aromatic rings. The van der Waals surface area contributed by atoms with Gasteiger partial charge in [-0.15, -0.1) is 26.3 Å². The van der Waals surface area contributed by atoms with Gasteiger partial charge in [0.2, 0.25) is 11.9 Å². The van der Waals surface area contributed by atoms with Crippen LogP contribution in [0.15, 0.2) is 110 Å². The number of rotatable bonds is 17. The lowest BCUT2D eigenvalue weighted by Gasteiger charge is -2.25. The fraction of sp³-hybridized carbons (Fsp3) is 0.280. The van der Waals surface area contributed by atoms with E-state index in [9.17, 15) is 36.5 Å². The van der Waals surface area contributed by atoms with Gasteiger partial charge in [0.15, 0.2) is 11.5 Å². The van der Waals surface area contributed by atoms with Crippen LogP contribution in [-0.4, -0.2) is 125 Å². The zero-order chi connectivity index (χ0) is 53.6. The van der Waals surface area contributed by atoms with Crippen molar-refractivity contribution in [3.05, 3.63) is 120 Å². The summed E-state index contributed by atoms with van der Waals surface area (Å²) in [6.45, 7) is 2.12. The summed E-state index contributed by atoms with van der Waals surface area (Å²) in [5.41, 5.74) is 11.0. The molecule has 0 atom stereocenters. The number of aromatic nitrogens is 6. The van der Waals surface area contributed by atoms with Gasteiger partial charge in [0, 0.05) is 130 Å². The second-order valence-corrected chi connectivity index (χ2v) is 17.7. The fourth-order valence-corrected chi connectivity index (χ4v) is 7.95. The lowest BCUT2D eigenvalue weighted by atomic mass is 10.1. The number of benzene rings is 4. The van der Waals surface area contributed by atoms with Crippen LogP contribution in [0.5, 0.6) is 11.5 Å². The van der Waals surface area contributed by atoms with Gasteiger partial charge in [-0.3, -0.25) is 10.1 Å². The number of nitro groups is 1. The molecule has 390 valence electrons. The number of nitrogens with two attached hydrogens (primary N) is 1. The average Bonchev–Trinajstić information content (AvgIpc) is 3.86. The van der Waals surface area contributed by atoms with Gasteiger partial charge in [-0.05, 0) is 58.5 Å². The molecule has 0 saturated heterocycles. The van der Waals surface area contributed by atoms with E-state index < -0.39 is 34.8 Å². The van der Waals surface area contributed by atoms with Crippen molar-refractivity contribution in [2.45, 2.75) is 12.7 Å². The van der Waals surface area contributed by atoms with Crippen LogP contribution >= 0.6 is 0 Å². The Bertz CT molecular complexity index is 3270. The van der Waals surface area contributed by atoms with Crippen molar-refractivity contribution in [2.75, 3.05) is 94.6 Å². The van der Waals surface area contributed by atoms with E-state index in [4.69, 9.17) is 5.73 Å². The van der Waals surface area contributed by atoms with E-state index in [0.29, 0.717) is 48.9 Å². The first-order valence-electron chi connectivity index (χ1n) is 22.7. The predicted molar refractivity (Wildman–Crippen MR) is 275 cm³/mol. The highest BCUT2D eigenvalue weighted by molar-refractivity contribution is 5.96. The van der Waals surface area contributed by atoms with Gasteiger partial charge >= 0.3 is 12.7 Å². The summed E-state index contributed by atoms with van der Waals surface area (Å²) in [7, 11) is 14.6. The van der Waals surface area contributed by atoms with E-state index in [2.05, 4.69) is 40.0 Å². The van der Waals surface area contributed by atoms with Crippen LogP contribution in [-0.2, 0) is 14.1 Å². The molecule has 0 aliphatic carbocycles. The first-order valence-corrected chi connectivity index (χ1v) is 22.7. The van der Waals surface area contributed by atoms with Gasteiger partial charge in [0.1, 0.15) is 5.69 Å². The molecule has 74 heavy (non-hydrogen) atoms. The maximum atomic E-state index is 13.3. The quantitative estimate of drug-likeness (QED) is 0.0338. The molecule has 0 fully saturated rings. The molecule has 0 unspecified atom stereocenters. The van der Waals surface area contributed by atoms with Crippen LogP contribution in [0.3, 0.4) is 0 Å². The summed E-state index contributed by atoms with van der Waals surface area (Å²) in [5.74, 6) is -1.01. The zero-order valence-electron chi connectivity index (χ0n) is 41.6. The molecule has 4 aromatic carbocycles. The lowest BCUT2D eigenvalue weighted by Crippen LogP contribution is -2.29. The topological polar surface area (TPSA) is 186 Å². The third-order valence-electron chi connectivity index (χ3n) is 11.6. The van der Waals surface area contributed by atoms with Gasteiger partial charge in [-0.25, -0.2) is 19.9 Å². The van der Waals surface area contributed by atoms with Crippen LogP contribution in [0, 0.1) is 10.1 Å². The number of nitrogen functional groups attached to an aromatic ring is 1. The summed E-state index contributed by atoms with van der Waals surface area (Å²) < 4.78 is 92.2. The second-order valence-electron chi connectivity index (χ2n) is 17.7. The monoisotopic (exact) mass is 1030 g/mol. The Labute approximate surface area is 421 Å². The number of fused-ring (bicyclic) bond motifs is 2. The highest BCUT2D eigenvalue weighted by atomic mass is 19.4. The molecule has 4 N–H and O–H groups in total. The van der Waals surface area contributed by atoms with E-state index >= 15 is 0 Å². The zero-order valence-corrected chi connectivity index (χ0v) is 41.6. The molecule has 0 radical (unpaired) electrons. The molecular weight excluding hydrogens is 975 g/mol. The van der Waals surface area contributed by atoms with Crippen molar-refractivity contribution in [3.63, 3.8) is 0 Å². The van der Waals surface area contributed by atoms with Crippen molar-refractivity contribution in [3.8, 4) is 34.0 Å². The molecule has 0 amide bonds. The van der Waals surface area contributed by atoms with Gasteiger partial charge < -0.3 is 54.6 Å². The normalized spacial score (nSPS) is 11.7. The van der Waals surface area contributed by atoms with Crippen LogP contribution in [0.2, 0.25) is 0 Å². The van der Waals surface area contributed by atoms with E-state index in [1.165, 1.54) is 23.2 Å². The van der Waals surface area contributed by atoms with Gasteiger partial charge in [0.25, 0.3) is 5.69 Å². The van der Waals surface area contributed by atoms with Gasteiger partial charge in [0.05, 0.1) is 39.1 Å². The minimum atomic E-state index is -5.03. The van der Waals surface area contributed by atoms with Crippen LogP contribution < -0.4 is 35.6 Å². The predicted octanol–water partition coefficient (Wildman–Crippen LogP) is 10.0. The van der Waals surface area contributed by atoms with Crippen molar-refractivity contribution < 1.29 is 40.7 Å². The Hall–Kier alpha value is -8.38. The Morgan fingerprint density at radius 3 is 1.47 bits per heavy atom. The van der Waals surface area contributed by atoms with E-state index in [0.717, 1.165) is 45.1 Å². The van der Waals surface area contributed by atoms with Crippen molar-refractivity contribution in [2.24, 2.45) is 14.1 Å². The fourth-order valence-electron chi connectivity index (χ4n) is 7.95. The number of hydrogen-bond donors (Lipinski definition) is 3. The number of hydrogen-bond acceptors (Lipinski definition) is 15. The van der Waals surface area contributed by atoms with Crippen molar-refractivity contribution in [1.29, 1.82) is 0 Å². The molecule has 0 aliphatic rings. The molecule has 0 bridgehead atoms. The summed E-state index contributed by atoms with van der Waals surface area (Å²) in [6, 6.07) is 23.7. The van der Waals surface area contributed by atoms with Crippen molar-refractivity contribution in [1.82, 2.24) is 38.9 Å². The molecule has 18 nitrogen and oxygen atoms in total. The number of aryl methyl sites for hydroxylation is 2. The highest BCUT2D eigenvalue weighted by Crippen LogP contribution is 2.42. The first-order chi connectivity index (χ1) is 34.9. The maximum Gasteiger partial charge on any atom is 0.573 e. The minimum absolute atomic E-state index is 0.00431. The molecule has 0 aliphatic heterocycles. The van der Waals surface area contributed by atoms with E-state index in [1.54, 1.807) is 37.3 Å². The third kappa shape index (κ3) is 13.2. The summed E-state index contributed by atoms with van der Waals surface area (Å²) in [4.78, 5) is 35.6. The average molecular weight is 1030 g/mol. The van der Waals surface area contributed by atoms with Crippen LogP contribution in [0.25, 0.3) is 44.3 Å². The standard InChI is InChI=1S/C25H26F3N7O3.C25H28F3N7O/c1-32(2)11-12-33(3)21-14-23(38-25(26,27)28)19(13-22(21)35(36)37)31-24-29-10-9-18(30-24)17-15-34(4)20-8-6-5-7-16(17)20;1-33(2)11-12-34(3)22-14-23(36-25(26,27)28)20(13-18(22)29)32-24-30-10-9-19(31-24)17-15-35(4)21-8-6-5-7-16(17)21/h5-10,13-15H,11-12H2,1-4H3,(H,29,30,31);5-10,13-15H,11-12,29H2,1-4H3,(H,30,31,32). The Morgan fingerprint density at radius 2 is 1.04 bits per heavy atom. The Morgan fingerprint density at radius 1 is 0.622 bits per heavy atom. The Kier molecular flexibility index (Phi) is 16.0. The number of nitrogens with one attached hydrogen (secondary N) is 2. The number of anilines is 7. The maximum absolute atomic E-state index is 13.3. The highest BCUT2D eigenvalue weighted by Gasteiger charge is 2.35. The SMILES string of the molecule is CN(C)CCN(C)c1cc(OC(F)(F)F)c(Nc2nccc(-c3cn(C)c4ccccc34)n2)cc1N.CN(C)CCN(C)c1cc(OC(F)(F)F)c(Nc2nccc(-c3cn(C)c4ccccc34)n2)cc1[N+](=O)[O-]. The number of ether oxygens (including phenoxy) is 2. The first kappa shape index (κ1) is 53.4. The third-order valence-corrected chi connectivity index (χ3v) is 11.6. The molecular formula is C50H54F6N14O4. The number of nitro benzene ring substituents is 1. The minimum Gasteiger partial charge on any atom is -0.403 e. The number of alkyl halides is 6. The van der Waals surface area contributed by atoms with E-state index in [-0.39, 0.29) is 29.0 Å². The number of likely N-dealkylation sites (N-methyl/N-ethyl adjacent to an activating group) is 4. The van der Waals surface area contributed by atoms with Gasteiger partial charge in [-0.2, -0.15) is 0 Å². The Balaban J connectivity index is 0.000000217. The molecule has 0 spiro atoms. The summed E-state index contributed by atoms with van der Waals surface area (Å²) >= 11 is 0. The summed E-state index contributed by atoms with van der Waals surface area (Å²) in [6.07, 6.45) is -3.09. The molecule has 24 heteroatoms. The second kappa shape index (κ2) is 22.2. The number of para-hydroxylation sites is 2. The number of halogens is 6. The van der Waals surface area contributed by atoms with E-state index in [1.807, 2.05) is 122 Å². The summed E-state index contributed by atoms with van der Waals surface area (Å²) in [5, 5.41) is 19.4. The van der Waals surface area contributed by atoms with Crippen LogP contribution in [0.1, 0.15) is 0 Å². The smallest absolute Gasteiger partial charge is 0.403 e. The van der Waals surface area contributed by atoms with Crippen LogP contribution in [0.4, 0.5) is 72.4 Å².